The fourth-order valence-electron chi connectivity index (χ4n) is 3.92. The monoisotopic (exact) mass is 403 g/mol. The van der Waals surface area contributed by atoms with Gasteiger partial charge in [0.25, 0.3) is 0 Å². The van der Waals surface area contributed by atoms with Gasteiger partial charge >= 0.3 is 0 Å². The molecule has 0 aliphatic carbocycles. The number of anilines is 2. The largest absolute Gasteiger partial charge is 0.320 e. The fourth-order valence-corrected chi connectivity index (χ4v) is 5.02. The number of hydrogen-bond donors (Lipinski definition) is 3. The van der Waals surface area contributed by atoms with Crippen molar-refractivity contribution >= 4 is 29.9 Å². The van der Waals surface area contributed by atoms with E-state index in [1.165, 1.54) is 17.5 Å². The minimum Gasteiger partial charge on any atom is -0.320 e. The molecule has 28 heavy (non-hydrogen) atoms. The predicted octanol–water partition coefficient (Wildman–Crippen LogP) is 3.43. The van der Waals surface area contributed by atoms with Crippen LogP contribution in [0, 0.1) is 16.6 Å². The van der Waals surface area contributed by atoms with Crippen LogP contribution in [0.5, 0.6) is 0 Å². The Hall–Kier alpha value is -1.97. The molecule has 2 fully saturated rings. The standard InChI is InChI=1S/C19H26FN7S/c1-13(2)17-24-18(25-27(17)12-21)23-16-4-3-14(9-15(16)20)28-26-8-6-19(11-26)5-7-22-10-19/h3-4,9,12-13,21-22H,5-8,10-11H2,1-2H3,(H,23,25). The number of rotatable bonds is 6. The average molecular weight is 404 g/mol. The number of halogens is 1. The molecule has 2 aliphatic rings. The second-order valence-corrected chi connectivity index (χ2v) is 9.09. The van der Waals surface area contributed by atoms with Crippen LogP contribution in [0.1, 0.15) is 38.4 Å². The van der Waals surface area contributed by atoms with Crippen LogP contribution in [0.2, 0.25) is 0 Å². The van der Waals surface area contributed by atoms with Crippen LogP contribution in [0.4, 0.5) is 16.0 Å². The molecule has 1 atom stereocenters. The molecule has 1 unspecified atom stereocenters. The third kappa shape index (κ3) is 3.92. The van der Waals surface area contributed by atoms with Gasteiger partial charge in [0.2, 0.25) is 5.95 Å². The van der Waals surface area contributed by atoms with Crippen LogP contribution in [0.3, 0.4) is 0 Å². The molecule has 2 saturated heterocycles. The van der Waals surface area contributed by atoms with E-state index in [-0.39, 0.29) is 11.7 Å². The summed E-state index contributed by atoms with van der Waals surface area (Å²) in [6.07, 6.45) is 3.54. The summed E-state index contributed by atoms with van der Waals surface area (Å²) < 4.78 is 18.4. The van der Waals surface area contributed by atoms with Crippen LogP contribution in [-0.2, 0) is 0 Å². The molecule has 7 nitrogen and oxygen atoms in total. The normalized spacial score (nSPS) is 22.4. The smallest absolute Gasteiger partial charge is 0.247 e. The maximum atomic E-state index is 14.6. The Morgan fingerprint density at radius 3 is 2.89 bits per heavy atom. The summed E-state index contributed by atoms with van der Waals surface area (Å²) in [5.74, 6) is 0.738. The number of benzene rings is 1. The molecule has 0 saturated carbocycles. The van der Waals surface area contributed by atoms with Crippen molar-refractivity contribution in [3.8, 4) is 0 Å². The van der Waals surface area contributed by atoms with Gasteiger partial charge in [-0.15, -0.1) is 5.10 Å². The lowest BCUT2D eigenvalue weighted by molar-refractivity contribution is 0.346. The molecule has 9 heteroatoms. The minimum atomic E-state index is -0.334. The highest BCUT2D eigenvalue weighted by Crippen LogP contribution is 2.40. The predicted molar refractivity (Wildman–Crippen MR) is 110 cm³/mol. The number of nitrogens with zero attached hydrogens (tertiary/aromatic N) is 4. The van der Waals surface area contributed by atoms with Gasteiger partial charge in [0.1, 0.15) is 18.0 Å². The third-order valence-corrected chi connectivity index (χ3v) is 6.49. The van der Waals surface area contributed by atoms with Gasteiger partial charge in [-0.1, -0.05) is 13.8 Å². The zero-order chi connectivity index (χ0) is 19.7. The van der Waals surface area contributed by atoms with E-state index < -0.39 is 0 Å². The molecular formula is C19H26FN7S. The highest BCUT2D eigenvalue weighted by Gasteiger charge is 2.40. The van der Waals surface area contributed by atoms with Crippen molar-refractivity contribution in [2.24, 2.45) is 5.41 Å². The lowest BCUT2D eigenvalue weighted by atomic mass is 9.87. The second kappa shape index (κ2) is 7.81. The second-order valence-electron chi connectivity index (χ2n) is 7.92. The number of nitrogens with one attached hydrogen (secondary N) is 3. The first-order valence-electron chi connectivity index (χ1n) is 9.65. The molecule has 4 rings (SSSR count). The van der Waals surface area contributed by atoms with Crippen molar-refractivity contribution in [1.29, 1.82) is 5.41 Å². The van der Waals surface area contributed by atoms with E-state index in [0.29, 0.717) is 22.9 Å². The Balaban J connectivity index is 1.43. The molecule has 0 amide bonds. The Morgan fingerprint density at radius 1 is 1.39 bits per heavy atom. The van der Waals surface area contributed by atoms with Gasteiger partial charge in [-0.05, 0) is 54.9 Å². The summed E-state index contributed by atoms with van der Waals surface area (Å²) in [4.78, 5) is 5.26. The highest BCUT2D eigenvalue weighted by molar-refractivity contribution is 7.97. The maximum Gasteiger partial charge on any atom is 0.247 e. The van der Waals surface area contributed by atoms with Crippen LogP contribution < -0.4 is 10.6 Å². The molecule has 1 aromatic carbocycles. The van der Waals surface area contributed by atoms with Crippen LogP contribution in [-0.4, -0.2) is 51.6 Å². The molecule has 0 bridgehead atoms. The Kier molecular flexibility index (Phi) is 5.39. The van der Waals surface area contributed by atoms with E-state index in [2.05, 4.69) is 25.0 Å². The van der Waals surface area contributed by atoms with Crippen molar-refractivity contribution in [2.45, 2.75) is 37.5 Å². The quantitative estimate of drug-likeness (QED) is 0.389. The van der Waals surface area contributed by atoms with E-state index in [4.69, 9.17) is 5.41 Å². The van der Waals surface area contributed by atoms with Gasteiger partial charge in [-0.2, -0.15) is 4.98 Å². The summed E-state index contributed by atoms with van der Waals surface area (Å²) >= 11 is 1.63. The van der Waals surface area contributed by atoms with E-state index in [9.17, 15) is 4.39 Å². The molecule has 150 valence electrons. The minimum absolute atomic E-state index is 0.118. The molecule has 1 spiro atoms. The van der Waals surface area contributed by atoms with Crippen molar-refractivity contribution in [3.63, 3.8) is 0 Å². The summed E-state index contributed by atoms with van der Waals surface area (Å²) in [5.41, 5.74) is 0.736. The van der Waals surface area contributed by atoms with Gasteiger partial charge in [-0.25, -0.2) is 13.4 Å². The molecular weight excluding hydrogens is 377 g/mol. The Bertz CT molecular complexity index is 860. The molecule has 2 aliphatic heterocycles. The first kappa shape index (κ1) is 19.4. The zero-order valence-electron chi connectivity index (χ0n) is 16.2. The Labute approximate surface area is 168 Å². The lowest BCUT2D eigenvalue weighted by Gasteiger charge is -2.22. The van der Waals surface area contributed by atoms with Gasteiger partial charge in [0.05, 0.1) is 5.69 Å². The topological polar surface area (TPSA) is 81.9 Å². The van der Waals surface area contributed by atoms with Crippen LogP contribution in [0.25, 0.3) is 0 Å². The summed E-state index contributed by atoms with van der Waals surface area (Å²) in [5, 5.41) is 18.0. The first-order chi connectivity index (χ1) is 13.5. The van der Waals surface area contributed by atoms with Gasteiger partial charge in [-0.3, -0.25) is 5.41 Å². The molecule has 0 radical (unpaired) electrons. The van der Waals surface area contributed by atoms with Crippen molar-refractivity contribution in [2.75, 3.05) is 31.5 Å². The van der Waals surface area contributed by atoms with Crippen molar-refractivity contribution in [1.82, 2.24) is 24.4 Å². The van der Waals surface area contributed by atoms with Crippen molar-refractivity contribution in [3.05, 3.63) is 29.8 Å². The van der Waals surface area contributed by atoms with E-state index in [1.54, 1.807) is 24.1 Å². The molecule has 3 N–H and O–H groups in total. The fraction of sp³-hybridized carbons (Fsp3) is 0.526. The molecule has 1 aromatic heterocycles. The van der Waals surface area contributed by atoms with Gasteiger partial charge in [0, 0.05) is 30.4 Å². The lowest BCUT2D eigenvalue weighted by Crippen LogP contribution is -2.26. The SMILES string of the molecule is CC(C)c1nc(Nc2ccc(SN3CCC4(CCNC4)C3)cc2F)nn1C=N. The number of hydrogen-bond acceptors (Lipinski definition) is 7. The average Bonchev–Trinajstić information content (AvgIpc) is 3.38. The summed E-state index contributed by atoms with van der Waals surface area (Å²) in [6, 6.07) is 5.20. The van der Waals surface area contributed by atoms with E-state index in [0.717, 1.165) is 37.4 Å². The van der Waals surface area contributed by atoms with Crippen molar-refractivity contribution < 1.29 is 4.39 Å². The van der Waals surface area contributed by atoms with Gasteiger partial charge < -0.3 is 10.6 Å². The molecule has 2 aromatic rings. The van der Waals surface area contributed by atoms with Crippen LogP contribution >= 0.6 is 11.9 Å². The van der Waals surface area contributed by atoms with Gasteiger partial charge in [0.15, 0.2) is 0 Å². The third-order valence-electron chi connectivity index (χ3n) is 5.45. The Morgan fingerprint density at radius 2 is 2.25 bits per heavy atom. The summed E-state index contributed by atoms with van der Waals surface area (Å²) in [6.45, 7) is 8.24. The first-order valence-corrected chi connectivity index (χ1v) is 10.4. The maximum absolute atomic E-state index is 14.6. The highest BCUT2D eigenvalue weighted by atomic mass is 32.2. The van der Waals surface area contributed by atoms with Crippen LogP contribution in [0.15, 0.2) is 23.1 Å². The number of aromatic nitrogens is 3. The summed E-state index contributed by atoms with van der Waals surface area (Å²) in [7, 11) is 0. The van der Waals surface area contributed by atoms with E-state index >= 15 is 0 Å². The van der Waals surface area contributed by atoms with E-state index in [1.807, 2.05) is 19.9 Å². The molecule has 3 heterocycles. The zero-order valence-corrected chi connectivity index (χ0v) is 17.0.